The van der Waals surface area contributed by atoms with Gasteiger partial charge in [-0.1, -0.05) is 18.6 Å². The molecule has 1 aliphatic carbocycles. The van der Waals surface area contributed by atoms with E-state index in [-0.39, 0.29) is 40.9 Å². The molecule has 3 rings (SSSR count). The topological polar surface area (TPSA) is 101 Å². The van der Waals surface area contributed by atoms with Crippen molar-refractivity contribution in [1.29, 1.82) is 0 Å². The van der Waals surface area contributed by atoms with Gasteiger partial charge in [0.1, 0.15) is 5.82 Å². The number of nitrogens with one attached hydrogen (secondary N) is 2. The lowest BCUT2D eigenvalue weighted by molar-refractivity contribution is -0.120. The normalized spacial score (nSPS) is 19.4. The molecule has 0 aromatic heterocycles. The number of carbonyl (C=O) groups excluding carboxylic acids is 1. The highest BCUT2D eigenvalue weighted by Crippen LogP contribution is 2.28. The Kier molecular flexibility index (Phi) is 7.40. The van der Waals surface area contributed by atoms with E-state index in [1.165, 1.54) is 12.1 Å². The molecule has 1 amide bonds. The quantitative estimate of drug-likeness (QED) is 0.679. The van der Waals surface area contributed by atoms with Gasteiger partial charge in [-0.2, -0.15) is 0 Å². The van der Waals surface area contributed by atoms with Gasteiger partial charge in [0.25, 0.3) is 10.0 Å². The molecule has 2 atom stereocenters. The third kappa shape index (κ3) is 5.43. The SMILES string of the molecule is Cl.NC1CCCC(C(=O)Nc2ccccc2NS(=O)(=O)c2ccc(F)cc2)C1. The summed E-state index contributed by atoms with van der Waals surface area (Å²) >= 11 is 0. The summed E-state index contributed by atoms with van der Waals surface area (Å²) in [7, 11) is -3.91. The first-order valence-corrected chi connectivity index (χ1v) is 10.3. The van der Waals surface area contributed by atoms with Gasteiger partial charge in [0.15, 0.2) is 0 Å². The molecule has 152 valence electrons. The fourth-order valence-corrected chi connectivity index (χ4v) is 4.28. The van der Waals surface area contributed by atoms with E-state index in [0.717, 1.165) is 31.4 Å². The monoisotopic (exact) mass is 427 g/mol. The Balaban J connectivity index is 0.00000280. The van der Waals surface area contributed by atoms with Gasteiger partial charge >= 0.3 is 0 Å². The zero-order chi connectivity index (χ0) is 19.4. The van der Waals surface area contributed by atoms with Crippen LogP contribution in [-0.4, -0.2) is 20.4 Å². The Morgan fingerprint density at radius 2 is 1.68 bits per heavy atom. The van der Waals surface area contributed by atoms with Crippen molar-refractivity contribution in [3.05, 3.63) is 54.3 Å². The highest BCUT2D eigenvalue weighted by atomic mass is 35.5. The number of halogens is 2. The fraction of sp³-hybridized carbons (Fsp3) is 0.316. The van der Waals surface area contributed by atoms with Gasteiger partial charge in [-0.05, 0) is 55.7 Å². The number of para-hydroxylation sites is 2. The summed E-state index contributed by atoms with van der Waals surface area (Å²) in [5.41, 5.74) is 6.56. The van der Waals surface area contributed by atoms with Crippen molar-refractivity contribution in [3.8, 4) is 0 Å². The van der Waals surface area contributed by atoms with Crippen molar-refractivity contribution < 1.29 is 17.6 Å². The Labute approximate surface area is 170 Å². The molecule has 2 unspecified atom stereocenters. The van der Waals surface area contributed by atoms with Crippen LogP contribution in [0, 0.1) is 11.7 Å². The molecule has 1 saturated carbocycles. The predicted octanol–water partition coefficient (Wildman–Crippen LogP) is 3.50. The van der Waals surface area contributed by atoms with Crippen molar-refractivity contribution in [2.75, 3.05) is 10.0 Å². The Hall–Kier alpha value is -2.16. The summed E-state index contributed by atoms with van der Waals surface area (Å²) in [6.45, 7) is 0. The average molecular weight is 428 g/mol. The van der Waals surface area contributed by atoms with E-state index in [0.29, 0.717) is 12.1 Å². The maximum Gasteiger partial charge on any atom is 0.261 e. The molecule has 0 spiro atoms. The van der Waals surface area contributed by atoms with E-state index in [9.17, 15) is 17.6 Å². The zero-order valence-electron chi connectivity index (χ0n) is 15.1. The van der Waals surface area contributed by atoms with E-state index < -0.39 is 15.8 Å². The Morgan fingerprint density at radius 3 is 2.32 bits per heavy atom. The summed E-state index contributed by atoms with van der Waals surface area (Å²) in [5, 5.41) is 2.80. The largest absolute Gasteiger partial charge is 0.328 e. The molecule has 0 bridgehead atoms. The van der Waals surface area contributed by atoms with Crippen LogP contribution in [-0.2, 0) is 14.8 Å². The molecule has 0 heterocycles. The minimum Gasteiger partial charge on any atom is -0.328 e. The first-order valence-electron chi connectivity index (χ1n) is 8.79. The molecule has 28 heavy (non-hydrogen) atoms. The number of anilines is 2. The molecule has 9 heteroatoms. The molecule has 0 saturated heterocycles. The van der Waals surface area contributed by atoms with E-state index in [1.54, 1.807) is 24.3 Å². The number of carbonyl (C=O) groups is 1. The second-order valence-electron chi connectivity index (χ2n) is 6.72. The molecule has 1 fully saturated rings. The number of hydrogen-bond donors (Lipinski definition) is 3. The van der Waals surface area contributed by atoms with E-state index >= 15 is 0 Å². The lowest BCUT2D eigenvalue weighted by atomic mass is 9.85. The Morgan fingerprint density at radius 1 is 1.04 bits per heavy atom. The highest BCUT2D eigenvalue weighted by molar-refractivity contribution is 7.92. The summed E-state index contributed by atoms with van der Waals surface area (Å²) in [6.07, 6.45) is 3.20. The molecule has 0 radical (unpaired) electrons. The molecule has 6 nitrogen and oxygen atoms in total. The molecular formula is C19H23ClFN3O3S. The number of hydrogen-bond acceptors (Lipinski definition) is 4. The lowest BCUT2D eigenvalue weighted by Crippen LogP contribution is -2.34. The van der Waals surface area contributed by atoms with Crippen LogP contribution in [0.15, 0.2) is 53.4 Å². The third-order valence-corrected chi connectivity index (χ3v) is 6.02. The molecule has 4 N–H and O–H groups in total. The van der Waals surface area contributed by atoms with Gasteiger partial charge in [0.05, 0.1) is 16.3 Å². The fourth-order valence-electron chi connectivity index (χ4n) is 3.20. The van der Waals surface area contributed by atoms with Crippen LogP contribution in [0.2, 0.25) is 0 Å². The minimum atomic E-state index is -3.91. The van der Waals surface area contributed by atoms with E-state index in [4.69, 9.17) is 5.73 Å². The van der Waals surface area contributed by atoms with Crippen LogP contribution in [0.5, 0.6) is 0 Å². The molecule has 0 aliphatic heterocycles. The molecular weight excluding hydrogens is 405 g/mol. The second-order valence-corrected chi connectivity index (χ2v) is 8.40. The van der Waals surface area contributed by atoms with Gasteiger partial charge < -0.3 is 11.1 Å². The number of rotatable bonds is 5. The summed E-state index contributed by atoms with van der Waals surface area (Å²) in [4.78, 5) is 12.5. The first kappa shape index (κ1) is 22.1. The zero-order valence-corrected chi connectivity index (χ0v) is 16.7. The summed E-state index contributed by atoms with van der Waals surface area (Å²) in [6, 6.07) is 11.1. The molecule has 2 aromatic rings. The van der Waals surface area contributed by atoms with Crippen molar-refractivity contribution in [2.45, 2.75) is 36.6 Å². The standard InChI is InChI=1S/C19H22FN3O3S.ClH/c20-14-8-10-16(11-9-14)27(25,26)23-18-7-2-1-6-17(18)22-19(24)13-4-3-5-15(21)12-13;/h1-2,6-11,13,15,23H,3-5,12,21H2,(H,22,24);1H. The minimum absolute atomic E-state index is 0. The maximum atomic E-state index is 13.0. The van der Waals surface area contributed by atoms with Gasteiger partial charge in [-0.3, -0.25) is 9.52 Å². The number of amides is 1. The highest BCUT2D eigenvalue weighted by Gasteiger charge is 2.26. The second kappa shape index (κ2) is 9.36. The van der Waals surface area contributed by atoms with E-state index in [1.807, 2.05) is 0 Å². The smallest absolute Gasteiger partial charge is 0.261 e. The Bertz CT molecular complexity index is 922. The molecule has 2 aromatic carbocycles. The maximum absolute atomic E-state index is 13.0. The van der Waals surface area contributed by atoms with Gasteiger partial charge in [-0.15, -0.1) is 12.4 Å². The number of sulfonamides is 1. The summed E-state index contributed by atoms with van der Waals surface area (Å²) < 4.78 is 40.6. The van der Waals surface area contributed by atoms with Gasteiger partial charge in [0, 0.05) is 12.0 Å². The van der Waals surface area contributed by atoms with Gasteiger partial charge in [0.2, 0.25) is 5.91 Å². The van der Waals surface area contributed by atoms with Crippen LogP contribution in [0.25, 0.3) is 0 Å². The first-order chi connectivity index (χ1) is 12.8. The van der Waals surface area contributed by atoms with Crippen molar-refractivity contribution >= 4 is 39.7 Å². The number of benzene rings is 2. The van der Waals surface area contributed by atoms with Crippen LogP contribution in [0.4, 0.5) is 15.8 Å². The lowest BCUT2D eigenvalue weighted by Gasteiger charge is -2.26. The molecule has 1 aliphatic rings. The van der Waals surface area contributed by atoms with Crippen LogP contribution in [0.1, 0.15) is 25.7 Å². The van der Waals surface area contributed by atoms with Crippen molar-refractivity contribution in [2.24, 2.45) is 11.7 Å². The predicted molar refractivity (Wildman–Crippen MR) is 109 cm³/mol. The summed E-state index contributed by atoms with van der Waals surface area (Å²) in [5.74, 6) is -0.874. The van der Waals surface area contributed by atoms with Crippen molar-refractivity contribution in [3.63, 3.8) is 0 Å². The number of nitrogens with two attached hydrogens (primary N) is 1. The average Bonchev–Trinajstić information content (AvgIpc) is 2.63. The third-order valence-electron chi connectivity index (χ3n) is 4.64. The van der Waals surface area contributed by atoms with Crippen LogP contribution >= 0.6 is 12.4 Å². The van der Waals surface area contributed by atoms with Crippen LogP contribution < -0.4 is 15.8 Å². The van der Waals surface area contributed by atoms with E-state index in [2.05, 4.69) is 10.0 Å². The van der Waals surface area contributed by atoms with Gasteiger partial charge in [-0.25, -0.2) is 12.8 Å². The van der Waals surface area contributed by atoms with Crippen LogP contribution in [0.3, 0.4) is 0 Å². The van der Waals surface area contributed by atoms with Crippen molar-refractivity contribution in [1.82, 2.24) is 0 Å².